The second kappa shape index (κ2) is 7.96. The molecule has 4 nitrogen and oxygen atoms in total. The molecule has 1 aromatic rings. The maximum absolute atomic E-state index is 5.09. The summed E-state index contributed by atoms with van der Waals surface area (Å²) < 4.78 is 10.0. The molecule has 16 heavy (non-hydrogen) atoms. The smallest absolute Gasteiger partial charge is 0.119 e. The lowest BCUT2D eigenvalue weighted by atomic mass is 10.3. The van der Waals surface area contributed by atoms with Gasteiger partial charge < -0.3 is 20.1 Å². The van der Waals surface area contributed by atoms with Gasteiger partial charge in [-0.15, -0.1) is 0 Å². The standard InChI is InChI=1S/C12H20N2O2/c1-15-10-9-13-7-8-14-11-3-5-12(16-2)6-4-11/h3-6,13-14H,7-10H2,1-2H3. The highest BCUT2D eigenvalue weighted by Crippen LogP contribution is 2.14. The van der Waals surface area contributed by atoms with E-state index < -0.39 is 0 Å². The number of benzene rings is 1. The summed E-state index contributed by atoms with van der Waals surface area (Å²) in [7, 11) is 3.37. The Hall–Kier alpha value is -1.26. The molecular weight excluding hydrogens is 204 g/mol. The zero-order valence-electron chi connectivity index (χ0n) is 9.95. The molecule has 0 radical (unpaired) electrons. The van der Waals surface area contributed by atoms with E-state index in [-0.39, 0.29) is 0 Å². The van der Waals surface area contributed by atoms with Crippen molar-refractivity contribution in [1.82, 2.24) is 5.32 Å². The zero-order chi connectivity index (χ0) is 11.6. The quantitative estimate of drug-likeness (QED) is 0.654. The van der Waals surface area contributed by atoms with Crippen LogP contribution in [0.25, 0.3) is 0 Å². The average Bonchev–Trinajstić information content (AvgIpc) is 2.34. The van der Waals surface area contributed by atoms with Crippen molar-refractivity contribution in [2.45, 2.75) is 0 Å². The summed E-state index contributed by atoms with van der Waals surface area (Å²) in [4.78, 5) is 0. The lowest BCUT2D eigenvalue weighted by Gasteiger charge is -2.08. The molecule has 0 saturated carbocycles. The van der Waals surface area contributed by atoms with Crippen molar-refractivity contribution < 1.29 is 9.47 Å². The number of hydrogen-bond donors (Lipinski definition) is 2. The van der Waals surface area contributed by atoms with E-state index in [0.29, 0.717) is 0 Å². The molecule has 2 N–H and O–H groups in total. The van der Waals surface area contributed by atoms with E-state index >= 15 is 0 Å². The summed E-state index contributed by atoms with van der Waals surface area (Å²) in [6, 6.07) is 7.91. The minimum Gasteiger partial charge on any atom is -0.497 e. The first-order valence-corrected chi connectivity index (χ1v) is 5.44. The van der Waals surface area contributed by atoms with Gasteiger partial charge in [0.2, 0.25) is 0 Å². The van der Waals surface area contributed by atoms with Crippen molar-refractivity contribution in [3.63, 3.8) is 0 Å². The summed E-state index contributed by atoms with van der Waals surface area (Å²) in [5.74, 6) is 0.878. The first-order valence-electron chi connectivity index (χ1n) is 5.44. The van der Waals surface area contributed by atoms with Crippen molar-refractivity contribution in [3.8, 4) is 5.75 Å². The maximum atomic E-state index is 5.09. The predicted molar refractivity (Wildman–Crippen MR) is 66.2 cm³/mol. The molecular formula is C12H20N2O2. The van der Waals surface area contributed by atoms with Crippen LogP contribution < -0.4 is 15.4 Å². The van der Waals surface area contributed by atoms with Crippen LogP contribution in [0, 0.1) is 0 Å². The fourth-order valence-corrected chi connectivity index (χ4v) is 1.30. The van der Waals surface area contributed by atoms with E-state index in [1.54, 1.807) is 14.2 Å². The Kier molecular flexibility index (Phi) is 6.37. The van der Waals surface area contributed by atoms with E-state index in [1.165, 1.54) is 0 Å². The number of methoxy groups -OCH3 is 2. The SMILES string of the molecule is COCCNCCNc1ccc(OC)cc1. The third-order valence-corrected chi connectivity index (χ3v) is 2.20. The third kappa shape index (κ3) is 5.00. The van der Waals surface area contributed by atoms with Gasteiger partial charge in [-0.1, -0.05) is 0 Å². The summed E-state index contributed by atoms with van der Waals surface area (Å²) in [5, 5.41) is 6.58. The Morgan fingerprint density at radius 2 is 1.75 bits per heavy atom. The average molecular weight is 224 g/mol. The van der Waals surface area contributed by atoms with Crippen LogP contribution in [0.1, 0.15) is 0 Å². The fourth-order valence-electron chi connectivity index (χ4n) is 1.30. The number of ether oxygens (including phenoxy) is 2. The van der Waals surface area contributed by atoms with Crippen LogP contribution in [0.2, 0.25) is 0 Å². The lowest BCUT2D eigenvalue weighted by Crippen LogP contribution is -2.25. The van der Waals surface area contributed by atoms with Gasteiger partial charge in [-0.05, 0) is 24.3 Å². The fraction of sp³-hybridized carbons (Fsp3) is 0.500. The Morgan fingerprint density at radius 3 is 2.38 bits per heavy atom. The lowest BCUT2D eigenvalue weighted by molar-refractivity contribution is 0.200. The van der Waals surface area contributed by atoms with Gasteiger partial charge in [-0.3, -0.25) is 0 Å². The summed E-state index contributed by atoms with van der Waals surface area (Å²) in [6.07, 6.45) is 0. The van der Waals surface area contributed by atoms with Gasteiger partial charge in [-0.2, -0.15) is 0 Å². The normalized spacial score (nSPS) is 10.1. The van der Waals surface area contributed by atoms with Crippen LogP contribution >= 0.6 is 0 Å². The highest BCUT2D eigenvalue weighted by atomic mass is 16.5. The second-order valence-corrected chi connectivity index (χ2v) is 3.40. The predicted octanol–water partition coefficient (Wildman–Crippen LogP) is 1.34. The van der Waals surface area contributed by atoms with Gasteiger partial charge in [-0.25, -0.2) is 0 Å². The van der Waals surface area contributed by atoms with Gasteiger partial charge >= 0.3 is 0 Å². The molecule has 0 aliphatic rings. The Bertz CT molecular complexity index is 275. The molecule has 0 amide bonds. The number of rotatable bonds is 8. The van der Waals surface area contributed by atoms with E-state index in [0.717, 1.165) is 37.7 Å². The van der Waals surface area contributed by atoms with Gasteiger partial charge in [0, 0.05) is 32.4 Å². The maximum Gasteiger partial charge on any atom is 0.119 e. The van der Waals surface area contributed by atoms with E-state index in [1.807, 2.05) is 24.3 Å². The summed E-state index contributed by atoms with van der Waals surface area (Å²) in [5.41, 5.74) is 1.11. The molecule has 1 aromatic carbocycles. The van der Waals surface area contributed by atoms with Gasteiger partial charge in [0.05, 0.1) is 13.7 Å². The van der Waals surface area contributed by atoms with Crippen molar-refractivity contribution in [2.24, 2.45) is 0 Å². The number of nitrogens with one attached hydrogen (secondary N) is 2. The minimum atomic E-state index is 0.753. The first-order chi connectivity index (χ1) is 7.86. The van der Waals surface area contributed by atoms with Crippen LogP contribution in [0.15, 0.2) is 24.3 Å². The molecule has 0 saturated heterocycles. The van der Waals surface area contributed by atoms with Crippen LogP contribution in [0.3, 0.4) is 0 Å². The number of hydrogen-bond acceptors (Lipinski definition) is 4. The highest BCUT2D eigenvalue weighted by Gasteiger charge is 1.93. The Labute approximate surface area is 96.9 Å². The molecule has 0 bridgehead atoms. The summed E-state index contributed by atoms with van der Waals surface area (Å²) in [6.45, 7) is 3.47. The van der Waals surface area contributed by atoms with E-state index in [9.17, 15) is 0 Å². The van der Waals surface area contributed by atoms with Crippen molar-refractivity contribution in [2.75, 3.05) is 45.8 Å². The monoisotopic (exact) mass is 224 g/mol. The van der Waals surface area contributed by atoms with Crippen molar-refractivity contribution >= 4 is 5.69 Å². The van der Waals surface area contributed by atoms with Crippen molar-refractivity contribution in [1.29, 1.82) is 0 Å². The van der Waals surface area contributed by atoms with Gasteiger partial charge in [0.25, 0.3) is 0 Å². The van der Waals surface area contributed by atoms with E-state index in [4.69, 9.17) is 9.47 Å². The molecule has 0 unspecified atom stereocenters. The minimum absolute atomic E-state index is 0.753. The largest absolute Gasteiger partial charge is 0.497 e. The molecule has 1 rings (SSSR count). The summed E-state index contributed by atoms with van der Waals surface area (Å²) >= 11 is 0. The van der Waals surface area contributed by atoms with Gasteiger partial charge in [0.15, 0.2) is 0 Å². The van der Waals surface area contributed by atoms with Crippen LogP contribution in [0.5, 0.6) is 5.75 Å². The molecule has 0 spiro atoms. The zero-order valence-corrected chi connectivity index (χ0v) is 9.95. The molecule has 0 fully saturated rings. The van der Waals surface area contributed by atoms with Crippen molar-refractivity contribution in [3.05, 3.63) is 24.3 Å². The second-order valence-electron chi connectivity index (χ2n) is 3.40. The molecule has 0 aliphatic carbocycles. The molecule has 4 heteroatoms. The topological polar surface area (TPSA) is 42.5 Å². The van der Waals surface area contributed by atoms with Crippen LogP contribution in [-0.4, -0.2) is 40.5 Å². The van der Waals surface area contributed by atoms with Crippen LogP contribution in [-0.2, 0) is 4.74 Å². The molecule has 0 heterocycles. The molecule has 0 aliphatic heterocycles. The number of anilines is 1. The molecule has 0 aromatic heterocycles. The molecule has 90 valence electrons. The molecule has 0 atom stereocenters. The Morgan fingerprint density at radius 1 is 1.00 bits per heavy atom. The highest BCUT2D eigenvalue weighted by molar-refractivity contribution is 5.46. The van der Waals surface area contributed by atoms with Crippen LogP contribution in [0.4, 0.5) is 5.69 Å². The third-order valence-electron chi connectivity index (χ3n) is 2.20. The first kappa shape index (κ1) is 12.8. The van der Waals surface area contributed by atoms with E-state index in [2.05, 4.69) is 10.6 Å². The Balaban J connectivity index is 2.12. The van der Waals surface area contributed by atoms with Gasteiger partial charge in [0.1, 0.15) is 5.75 Å².